The van der Waals surface area contributed by atoms with Crippen LogP contribution in [0.25, 0.3) is 0 Å². The number of sulfonamides is 1. The SMILES string of the molecule is Cc1cccc(NC(=O)c2ccccc2NC(=O)C2CCCN(S(=O)(=O)c3c(C)noc3C)C2)c1. The lowest BCUT2D eigenvalue weighted by Gasteiger charge is -2.31. The van der Waals surface area contributed by atoms with Crippen molar-refractivity contribution in [2.45, 2.75) is 38.5 Å². The molecule has 2 N–H and O–H groups in total. The molecule has 10 heteroatoms. The molecule has 0 saturated carbocycles. The van der Waals surface area contributed by atoms with E-state index < -0.39 is 15.9 Å². The van der Waals surface area contributed by atoms with Gasteiger partial charge in [0.1, 0.15) is 10.6 Å². The summed E-state index contributed by atoms with van der Waals surface area (Å²) in [4.78, 5) is 26.1. The number of benzene rings is 2. The molecule has 2 amide bonds. The lowest BCUT2D eigenvalue weighted by atomic mass is 9.98. The lowest BCUT2D eigenvalue weighted by molar-refractivity contribution is -0.120. The van der Waals surface area contributed by atoms with Gasteiger partial charge >= 0.3 is 0 Å². The molecule has 1 saturated heterocycles. The van der Waals surface area contributed by atoms with E-state index in [0.717, 1.165) is 5.56 Å². The fourth-order valence-corrected chi connectivity index (χ4v) is 6.11. The van der Waals surface area contributed by atoms with E-state index in [-0.39, 0.29) is 29.0 Å². The van der Waals surface area contributed by atoms with Gasteiger partial charge in [-0.3, -0.25) is 9.59 Å². The average molecular weight is 497 g/mol. The van der Waals surface area contributed by atoms with Crippen molar-refractivity contribution in [3.05, 3.63) is 71.1 Å². The Kier molecular flexibility index (Phi) is 7.04. The van der Waals surface area contributed by atoms with Crippen molar-refractivity contribution >= 4 is 33.2 Å². The van der Waals surface area contributed by atoms with Crippen LogP contribution in [-0.4, -0.2) is 42.8 Å². The van der Waals surface area contributed by atoms with Crippen LogP contribution >= 0.6 is 0 Å². The summed E-state index contributed by atoms with van der Waals surface area (Å²) >= 11 is 0. The highest BCUT2D eigenvalue weighted by Gasteiger charge is 2.36. The zero-order valence-corrected chi connectivity index (χ0v) is 20.7. The maximum atomic E-state index is 13.2. The minimum atomic E-state index is -3.85. The topological polar surface area (TPSA) is 122 Å². The second-order valence-corrected chi connectivity index (χ2v) is 10.6. The van der Waals surface area contributed by atoms with Gasteiger partial charge in [0.05, 0.1) is 17.2 Å². The highest BCUT2D eigenvalue weighted by molar-refractivity contribution is 7.89. The molecule has 2 heterocycles. The summed E-state index contributed by atoms with van der Waals surface area (Å²) in [5.74, 6) is -1.02. The first-order chi connectivity index (χ1) is 16.7. The minimum absolute atomic E-state index is 0.0376. The Bertz CT molecular complexity index is 1350. The summed E-state index contributed by atoms with van der Waals surface area (Å²) in [5, 5.41) is 9.44. The van der Waals surface area contributed by atoms with E-state index in [4.69, 9.17) is 4.52 Å². The van der Waals surface area contributed by atoms with Crippen molar-refractivity contribution in [3.8, 4) is 0 Å². The molecule has 4 rings (SSSR count). The predicted octanol–water partition coefficient (Wildman–Crippen LogP) is 3.89. The monoisotopic (exact) mass is 496 g/mol. The van der Waals surface area contributed by atoms with Gasteiger partial charge in [-0.2, -0.15) is 4.31 Å². The number of nitrogens with zero attached hydrogens (tertiary/aromatic N) is 2. The molecule has 0 aliphatic carbocycles. The van der Waals surface area contributed by atoms with E-state index in [2.05, 4.69) is 15.8 Å². The maximum absolute atomic E-state index is 13.2. The summed E-state index contributed by atoms with van der Waals surface area (Å²) in [6, 6.07) is 14.2. The van der Waals surface area contributed by atoms with Gasteiger partial charge in [0, 0.05) is 18.8 Å². The second kappa shape index (κ2) is 10.0. The molecule has 1 fully saturated rings. The van der Waals surface area contributed by atoms with Gasteiger partial charge in [-0.1, -0.05) is 29.4 Å². The van der Waals surface area contributed by atoms with Gasteiger partial charge in [0.2, 0.25) is 15.9 Å². The number of aryl methyl sites for hydroxylation is 3. The Labute approximate surface area is 204 Å². The number of aromatic nitrogens is 1. The molecule has 35 heavy (non-hydrogen) atoms. The largest absolute Gasteiger partial charge is 0.360 e. The molecule has 0 spiro atoms. The molecule has 1 unspecified atom stereocenters. The van der Waals surface area contributed by atoms with Crippen LogP contribution < -0.4 is 10.6 Å². The van der Waals surface area contributed by atoms with Crippen LogP contribution in [0.15, 0.2) is 57.9 Å². The van der Waals surface area contributed by atoms with Gasteiger partial charge in [-0.15, -0.1) is 0 Å². The van der Waals surface area contributed by atoms with Crippen molar-refractivity contribution in [2.75, 3.05) is 23.7 Å². The van der Waals surface area contributed by atoms with E-state index >= 15 is 0 Å². The van der Waals surface area contributed by atoms with E-state index in [1.165, 1.54) is 4.31 Å². The molecule has 1 aliphatic heterocycles. The first-order valence-corrected chi connectivity index (χ1v) is 12.8. The Balaban J connectivity index is 1.49. The van der Waals surface area contributed by atoms with Crippen LogP contribution in [0.3, 0.4) is 0 Å². The van der Waals surface area contributed by atoms with Crippen molar-refractivity contribution in [3.63, 3.8) is 0 Å². The molecule has 1 aliphatic rings. The highest BCUT2D eigenvalue weighted by Crippen LogP contribution is 2.28. The number of carbonyl (C=O) groups is 2. The van der Waals surface area contributed by atoms with Crippen LogP contribution in [0.5, 0.6) is 0 Å². The van der Waals surface area contributed by atoms with Gasteiger partial charge in [0.15, 0.2) is 5.76 Å². The van der Waals surface area contributed by atoms with Crippen molar-refractivity contribution in [1.82, 2.24) is 9.46 Å². The number of hydrogen-bond donors (Lipinski definition) is 2. The fourth-order valence-electron chi connectivity index (χ4n) is 4.29. The fraction of sp³-hybridized carbons (Fsp3) is 0.320. The Morgan fingerprint density at radius 1 is 1.06 bits per heavy atom. The molecule has 1 aromatic heterocycles. The molecular formula is C25H28N4O5S. The van der Waals surface area contributed by atoms with E-state index in [1.807, 2.05) is 25.1 Å². The third kappa shape index (κ3) is 5.28. The van der Waals surface area contributed by atoms with Crippen molar-refractivity contribution in [1.29, 1.82) is 0 Å². The average Bonchev–Trinajstić information content (AvgIpc) is 3.18. The normalized spacial score (nSPS) is 16.6. The van der Waals surface area contributed by atoms with Crippen LogP contribution in [0.1, 0.15) is 40.2 Å². The van der Waals surface area contributed by atoms with Crippen LogP contribution in [0, 0.1) is 26.7 Å². The zero-order chi connectivity index (χ0) is 25.2. The first kappa shape index (κ1) is 24.6. The highest BCUT2D eigenvalue weighted by atomic mass is 32.2. The molecule has 0 bridgehead atoms. The number of anilines is 2. The number of hydrogen-bond acceptors (Lipinski definition) is 6. The third-order valence-electron chi connectivity index (χ3n) is 6.03. The lowest BCUT2D eigenvalue weighted by Crippen LogP contribution is -2.44. The Morgan fingerprint density at radius 2 is 1.83 bits per heavy atom. The third-order valence-corrected chi connectivity index (χ3v) is 8.14. The summed E-state index contributed by atoms with van der Waals surface area (Å²) in [7, 11) is -3.85. The Morgan fingerprint density at radius 3 is 2.54 bits per heavy atom. The number of para-hydroxylation sites is 1. The van der Waals surface area contributed by atoms with Crippen molar-refractivity contribution in [2.24, 2.45) is 5.92 Å². The number of rotatable bonds is 6. The van der Waals surface area contributed by atoms with E-state index in [0.29, 0.717) is 42.0 Å². The Hall–Kier alpha value is -3.50. The molecule has 1 atom stereocenters. The minimum Gasteiger partial charge on any atom is -0.360 e. The van der Waals surface area contributed by atoms with Gasteiger partial charge in [-0.25, -0.2) is 8.42 Å². The smallest absolute Gasteiger partial charge is 0.257 e. The predicted molar refractivity (Wildman–Crippen MR) is 132 cm³/mol. The molecule has 184 valence electrons. The standard InChI is InChI=1S/C25H28N4O5S/c1-16-8-6-10-20(14-16)26-25(31)21-11-4-5-12-22(21)27-24(30)19-9-7-13-29(15-19)35(32,33)23-17(2)28-34-18(23)3/h4-6,8,10-12,14,19H,7,9,13,15H2,1-3H3,(H,26,31)(H,27,30). The number of carbonyl (C=O) groups excluding carboxylic acids is 2. The molecule has 9 nitrogen and oxygen atoms in total. The van der Waals surface area contributed by atoms with E-state index in [9.17, 15) is 18.0 Å². The molecule has 3 aromatic rings. The summed E-state index contributed by atoms with van der Waals surface area (Å²) in [6.45, 7) is 5.42. The molecule has 2 aromatic carbocycles. The molecular weight excluding hydrogens is 468 g/mol. The number of amides is 2. The second-order valence-electron chi connectivity index (χ2n) is 8.71. The zero-order valence-electron chi connectivity index (χ0n) is 19.9. The van der Waals surface area contributed by atoms with E-state index in [1.54, 1.807) is 44.2 Å². The van der Waals surface area contributed by atoms with Crippen LogP contribution in [-0.2, 0) is 14.8 Å². The number of piperidine rings is 1. The quantitative estimate of drug-likeness (QED) is 0.534. The van der Waals surface area contributed by atoms with Gasteiger partial charge in [0.25, 0.3) is 5.91 Å². The maximum Gasteiger partial charge on any atom is 0.257 e. The summed E-state index contributed by atoms with van der Waals surface area (Å²) in [6.07, 6.45) is 1.08. The first-order valence-electron chi connectivity index (χ1n) is 11.4. The van der Waals surface area contributed by atoms with Crippen LogP contribution in [0.2, 0.25) is 0 Å². The molecule has 0 radical (unpaired) electrons. The summed E-state index contributed by atoms with van der Waals surface area (Å²) in [5.41, 5.74) is 2.65. The van der Waals surface area contributed by atoms with Crippen LogP contribution in [0.4, 0.5) is 11.4 Å². The summed E-state index contributed by atoms with van der Waals surface area (Å²) < 4.78 is 32.7. The number of nitrogens with one attached hydrogen (secondary N) is 2. The van der Waals surface area contributed by atoms with Crippen molar-refractivity contribution < 1.29 is 22.5 Å². The van der Waals surface area contributed by atoms with Gasteiger partial charge < -0.3 is 15.2 Å². The van der Waals surface area contributed by atoms with Gasteiger partial charge in [-0.05, 0) is 63.4 Å².